The van der Waals surface area contributed by atoms with Crippen LogP contribution < -0.4 is 21.5 Å². The molecule has 0 aromatic carbocycles. The van der Waals surface area contributed by atoms with Crippen LogP contribution in [0.2, 0.25) is 0 Å². The van der Waals surface area contributed by atoms with Gasteiger partial charge in [0.2, 0.25) is 5.95 Å². The fourth-order valence-electron chi connectivity index (χ4n) is 3.82. The second-order valence-electron chi connectivity index (χ2n) is 8.11. The molecule has 4 heterocycles. The summed E-state index contributed by atoms with van der Waals surface area (Å²) in [5.41, 5.74) is 1.00. The van der Waals surface area contributed by atoms with Gasteiger partial charge in [-0.05, 0) is 26.0 Å². The first-order chi connectivity index (χ1) is 15.4. The van der Waals surface area contributed by atoms with Crippen molar-refractivity contribution >= 4 is 22.9 Å². The number of anilines is 1. The molecule has 0 saturated carbocycles. The highest BCUT2D eigenvalue weighted by atomic mass is 16.2. The van der Waals surface area contributed by atoms with Crippen molar-refractivity contribution in [1.82, 2.24) is 29.0 Å². The minimum absolute atomic E-state index is 0.317. The van der Waals surface area contributed by atoms with Gasteiger partial charge in [0.25, 0.3) is 5.56 Å². The quantitative estimate of drug-likeness (QED) is 0.443. The van der Waals surface area contributed by atoms with Crippen LogP contribution >= 0.6 is 0 Å². The summed E-state index contributed by atoms with van der Waals surface area (Å²) < 4.78 is 4.18. The van der Waals surface area contributed by atoms with Gasteiger partial charge >= 0.3 is 5.69 Å². The average molecular weight is 438 g/mol. The highest BCUT2D eigenvalue weighted by Crippen LogP contribution is 2.20. The van der Waals surface area contributed by atoms with Crippen LogP contribution in [0.4, 0.5) is 5.95 Å². The van der Waals surface area contributed by atoms with Crippen molar-refractivity contribution in [2.45, 2.75) is 26.9 Å². The fourth-order valence-corrected chi connectivity index (χ4v) is 3.82. The summed E-state index contributed by atoms with van der Waals surface area (Å²) in [6.45, 7) is 7.20. The number of pyridine rings is 1. The van der Waals surface area contributed by atoms with Crippen molar-refractivity contribution in [3.63, 3.8) is 0 Å². The molecule has 0 spiro atoms. The molecule has 4 rings (SSSR count). The minimum Gasteiger partial charge on any atom is -0.340 e. The predicted octanol–water partition coefficient (Wildman–Crippen LogP) is 0.550. The fraction of sp³-hybridized carbons (Fsp3) is 0.409. The van der Waals surface area contributed by atoms with Crippen LogP contribution in [0, 0.1) is 0 Å². The molecule has 1 aliphatic rings. The third kappa shape index (κ3) is 4.01. The number of aromatic nitrogens is 5. The van der Waals surface area contributed by atoms with E-state index in [0.29, 0.717) is 29.2 Å². The molecule has 0 unspecified atom stereocenters. The van der Waals surface area contributed by atoms with E-state index >= 15 is 0 Å². The molecule has 0 atom stereocenters. The Morgan fingerprint density at radius 3 is 2.59 bits per heavy atom. The van der Waals surface area contributed by atoms with Crippen molar-refractivity contribution in [1.29, 1.82) is 0 Å². The van der Waals surface area contributed by atoms with Gasteiger partial charge in [0, 0.05) is 57.7 Å². The number of piperazine rings is 1. The lowest BCUT2D eigenvalue weighted by molar-refractivity contribution is 0.0968. The molecule has 0 radical (unpaired) electrons. The third-order valence-electron chi connectivity index (χ3n) is 5.58. The first kappa shape index (κ1) is 21.7. The van der Waals surface area contributed by atoms with E-state index in [0.717, 1.165) is 36.3 Å². The number of nitrogens with zero attached hydrogens (tertiary/aromatic N) is 6. The summed E-state index contributed by atoms with van der Waals surface area (Å²) in [5, 5.41) is 3.31. The van der Waals surface area contributed by atoms with Gasteiger partial charge < -0.3 is 14.8 Å². The van der Waals surface area contributed by atoms with Crippen molar-refractivity contribution in [3.05, 3.63) is 62.6 Å². The van der Waals surface area contributed by atoms with E-state index in [1.54, 1.807) is 25.4 Å². The minimum atomic E-state index is -0.571. The van der Waals surface area contributed by atoms with E-state index in [9.17, 15) is 14.4 Å². The standard InChI is InChI=1S/C22H27N7O3/c1-15(2)6-10-28-18-19(25-21(28)27-11-8-23-9-12-27)26(3)22(32)29(20(18)31)14-17(30)16-5-4-7-24-13-16/h4-7,13,23H,8-12,14H2,1-3H3. The number of allylic oxidation sites excluding steroid dienone is 2. The molecule has 0 aliphatic carbocycles. The molecule has 0 amide bonds. The van der Waals surface area contributed by atoms with Crippen molar-refractivity contribution in [2.24, 2.45) is 7.05 Å². The second-order valence-corrected chi connectivity index (χ2v) is 8.11. The van der Waals surface area contributed by atoms with Crippen LogP contribution in [0.15, 0.2) is 45.8 Å². The molecule has 1 fully saturated rings. The van der Waals surface area contributed by atoms with E-state index in [1.165, 1.54) is 10.8 Å². The topological polar surface area (TPSA) is 107 Å². The summed E-state index contributed by atoms with van der Waals surface area (Å²) in [5.74, 6) is 0.303. The third-order valence-corrected chi connectivity index (χ3v) is 5.58. The number of ketones is 1. The zero-order valence-electron chi connectivity index (χ0n) is 18.5. The van der Waals surface area contributed by atoms with Gasteiger partial charge in [-0.15, -0.1) is 0 Å². The van der Waals surface area contributed by atoms with Crippen LogP contribution in [-0.4, -0.2) is 55.6 Å². The lowest BCUT2D eigenvalue weighted by atomic mass is 10.2. The number of hydrogen-bond donors (Lipinski definition) is 1. The molecule has 0 bridgehead atoms. The van der Waals surface area contributed by atoms with E-state index < -0.39 is 11.2 Å². The summed E-state index contributed by atoms with van der Waals surface area (Å²) in [7, 11) is 1.58. The SMILES string of the molecule is CC(C)=CCn1c(N2CCNCC2)nc2c1c(=O)n(CC(=O)c1cccnc1)c(=O)n2C. The van der Waals surface area contributed by atoms with Crippen molar-refractivity contribution < 1.29 is 4.79 Å². The zero-order chi connectivity index (χ0) is 22.8. The first-order valence-electron chi connectivity index (χ1n) is 10.6. The number of nitrogens with one attached hydrogen (secondary N) is 1. The molecule has 1 saturated heterocycles. The Balaban J connectivity index is 1.89. The Hall–Kier alpha value is -3.53. The van der Waals surface area contributed by atoms with E-state index in [1.807, 2.05) is 24.5 Å². The van der Waals surface area contributed by atoms with Gasteiger partial charge in [-0.3, -0.25) is 23.7 Å². The largest absolute Gasteiger partial charge is 0.340 e. The predicted molar refractivity (Wildman–Crippen MR) is 122 cm³/mol. The molecule has 1 aliphatic heterocycles. The summed E-state index contributed by atoms with van der Waals surface area (Å²) in [6.07, 6.45) is 5.01. The van der Waals surface area contributed by atoms with Crippen LogP contribution in [-0.2, 0) is 20.1 Å². The Bertz CT molecular complexity index is 1290. The van der Waals surface area contributed by atoms with Gasteiger partial charge in [0.15, 0.2) is 16.9 Å². The summed E-state index contributed by atoms with van der Waals surface area (Å²) in [6, 6.07) is 3.26. The average Bonchev–Trinajstić information content (AvgIpc) is 3.20. The van der Waals surface area contributed by atoms with Crippen LogP contribution in [0.5, 0.6) is 0 Å². The molecule has 10 heteroatoms. The Kier molecular flexibility index (Phi) is 6.04. The molecule has 168 valence electrons. The van der Waals surface area contributed by atoms with Crippen molar-refractivity contribution in [2.75, 3.05) is 31.1 Å². The number of imidazole rings is 1. The first-order valence-corrected chi connectivity index (χ1v) is 10.6. The number of aryl methyl sites for hydroxylation is 1. The number of rotatable bonds is 6. The van der Waals surface area contributed by atoms with Gasteiger partial charge in [0.1, 0.15) is 0 Å². The molecule has 3 aromatic rings. The monoisotopic (exact) mass is 437 g/mol. The highest BCUT2D eigenvalue weighted by Gasteiger charge is 2.24. The summed E-state index contributed by atoms with van der Waals surface area (Å²) >= 11 is 0. The van der Waals surface area contributed by atoms with E-state index in [4.69, 9.17) is 4.98 Å². The maximum Gasteiger partial charge on any atom is 0.332 e. The second kappa shape index (κ2) is 8.91. The molecular formula is C22H27N7O3. The molecule has 32 heavy (non-hydrogen) atoms. The number of Topliss-reactive ketones (excluding diaryl/α,β-unsaturated/α-hetero) is 1. The van der Waals surface area contributed by atoms with Crippen LogP contribution in [0.3, 0.4) is 0 Å². The van der Waals surface area contributed by atoms with Crippen molar-refractivity contribution in [3.8, 4) is 0 Å². The Morgan fingerprint density at radius 1 is 1.19 bits per heavy atom. The molecule has 3 aromatic heterocycles. The van der Waals surface area contributed by atoms with Crippen LogP contribution in [0.25, 0.3) is 11.2 Å². The smallest absolute Gasteiger partial charge is 0.332 e. The van der Waals surface area contributed by atoms with Gasteiger partial charge in [-0.2, -0.15) is 4.98 Å². The number of hydrogen-bond acceptors (Lipinski definition) is 7. The molecule has 1 N–H and O–H groups in total. The Labute approximate surface area is 184 Å². The highest BCUT2D eigenvalue weighted by molar-refractivity contribution is 5.95. The van der Waals surface area contributed by atoms with Crippen LogP contribution in [0.1, 0.15) is 24.2 Å². The van der Waals surface area contributed by atoms with Gasteiger partial charge in [-0.25, -0.2) is 4.79 Å². The maximum absolute atomic E-state index is 13.5. The Morgan fingerprint density at radius 2 is 1.94 bits per heavy atom. The lowest BCUT2D eigenvalue weighted by Crippen LogP contribution is -2.44. The normalized spacial score (nSPS) is 14.0. The zero-order valence-corrected chi connectivity index (χ0v) is 18.5. The molecule has 10 nitrogen and oxygen atoms in total. The van der Waals surface area contributed by atoms with Gasteiger partial charge in [0.05, 0.1) is 6.54 Å². The maximum atomic E-state index is 13.5. The number of carbonyl (C=O) groups is 1. The number of fused-ring (bicyclic) bond motifs is 1. The van der Waals surface area contributed by atoms with E-state index in [2.05, 4.69) is 15.2 Å². The summed E-state index contributed by atoms with van der Waals surface area (Å²) in [4.78, 5) is 50.0. The van der Waals surface area contributed by atoms with E-state index in [-0.39, 0.29) is 12.3 Å². The van der Waals surface area contributed by atoms with Gasteiger partial charge in [-0.1, -0.05) is 11.6 Å². The lowest BCUT2D eigenvalue weighted by Gasteiger charge is -2.28. The number of carbonyl (C=O) groups excluding carboxylic acids is 1. The molecular weight excluding hydrogens is 410 g/mol.